The lowest BCUT2D eigenvalue weighted by Crippen LogP contribution is -2.40. The van der Waals surface area contributed by atoms with Crippen molar-refractivity contribution in [3.63, 3.8) is 0 Å². The number of halogens is 3. The van der Waals surface area contributed by atoms with Crippen LogP contribution in [0.25, 0.3) is 0 Å². The van der Waals surface area contributed by atoms with Crippen LogP contribution in [0.4, 0.5) is 4.39 Å². The highest BCUT2D eigenvalue weighted by Gasteiger charge is 2.16. The number of nitrogens with one attached hydrogen (secondary N) is 2. The fraction of sp³-hybridized carbons (Fsp3) is 0.222. The highest BCUT2D eigenvalue weighted by Crippen LogP contribution is 2.26. The minimum atomic E-state index is -0.781. The topological polar surface area (TPSA) is 67.4 Å². The van der Waals surface area contributed by atoms with Gasteiger partial charge in [-0.15, -0.1) is 0 Å². The summed E-state index contributed by atoms with van der Waals surface area (Å²) in [5.41, 5.74) is 0.373. The van der Waals surface area contributed by atoms with Crippen LogP contribution in [0.3, 0.4) is 0 Å². The van der Waals surface area contributed by atoms with Gasteiger partial charge in [-0.05, 0) is 53.2 Å². The Morgan fingerprint density at radius 1 is 1.19 bits per heavy atom. The number of benzene rings is 2. The lowest BCUT2D eigenvalue weighted by Gasteiger charge is -2.16. The lowest BCUT2D eigenvalue weighted by atomic mass is 10.2. The Balaban J connectivity index is 1.76. The van der Waals surface area contributed by atoms with E-state index in [-0.39, 0.29) is 24.9 Å². The highest BCUT2D eigenvalue weighted by atomic mass is 79.9. The average Bonchev–Trinajstić information content (AvgIpc) is 2.61. The van der Waals surface area contributed by atoms with Gasteiger partial charge in [-0.1, -0.05) is 23.7 Å². The molecule has 8 heteroatoms. The number of rotatable bonds is 7. The summed E-state index contributed by atoms with van der Waals surface area (Å²) in [6, 6.07) is 10.6. The third-order valence-corrected chi connectivity index (χ3v) is 4.34. The molecule has 1 atom stereocenters. The van der Waals surface area contributed by atoms with Crippen LogP contribution in [-0.2, 0) is 4.79 Å². The predicted molar refractivity (Wildman–Crippen MR) is 101 cm³/mol. The van der Waals surface area contributed by atoms with Crippen LogP contribution in [0.5, 0.6) is 5.75 Å². The van der Waals surface area contributed by atoms with Crippen LogP contribution >= 0.6 is 27.5 Å². The molecule has 0 spiro atoms. The molecular formula is C18H17BrClFN2O3. The second-order valence-corrected chi connectivity index (χ2v) is 6.62. The third-order valence-electron chi connectivity index (χ3n) is 3.40. The maximum atomic E-state index is 13.1. The Morgan fingerprint density at radius 2 is 1.88 bits per heavy atom. The zero-order valence-corrected chi connectivity index (χ0v) is 16.2. The van der Waals surface area contributed by atoms with Crippen molar-refractivity contribution in [2.45, 2.75) is 13.0 Å². The van der Waals surface area contributed by atoms with E-state index in [1.54, 1.807) is 31.2 Å². The standard InChI is InChI=1S/C18H17BrClFN2O3/c1-11(26-16-7-6-12(21)10-14(16)19)17(24)22-8-9-23-18(25)13-4-2-3-5-15(13)20/h2-7,10-11H,8-9H2,1H3,(H,22,24)(H,23,25). The van der Waals surface area contributed by atoms with Crippen LogP contribution in [0, 0.1) is 5.82 Å². The molecule has 2 N–H and O–H groups in total. The van der Waals surface area contributed by atoms with Crippen molar-refractivity contribution < 1.29 is 18.7 Å². The number of ether oxygens (including phenoxy) is 1. The van der Waals surface area contributed by atoms with Crippen molar-refractivity contribution in [1.82, 2.24) is 10.6 Å². The third kappa shape index (κ3) is 5.71. The fourth-order valence-electron chi connectivity index (χ4n) is 2.06. The molecule has 2 aromatic carbocycles. The highest BCUT2D eigenvalue weighted by molar-refractivity contribution is 9.10. The van der Waals surface area contributed by atoms with Gasteiger partial charge in [0.2, 0.25) is 0 Å². The summed E-state index contributed by atoms with van der Waals surface area (Å²) in [4.78, 5) is 24.0. The monoisotopic (exact) mass is 442 g/mol. The molecule has 0 aliphatic heterocycles. The maximum Gasteiger partial charge on any atom is 0.260 e. The van der Waals surface area contributed by atoms with Gasteiger partial charge in [0.05, 0.1) is 15.1 Å². The average molecular weight is 444 g/mol. The Kier molecular flexibility index (Phi) is 7.41. The molecule has 0 radical (unpaired) electrons. The molecule has 5 nitrogen and oxygen atoms in total. The number of carbonyl (C=O) groups is 2. The van der Waals surface area contributed by atoms with Crippen LogP contribution in [0.1, 0.15) is 17.3 Å². The zero-order valence-electron chi connectivity index (χ0n) is 13.9. The van der Waals surface area contributed by atoms with E-state index in [2.05, 4.69) is 26.6 Å². The smallest absolute Gasteiger partial charge is 0.260 e. The van der Waals surface area contributed by atoms with Gasteiger partial charge in [-0.3, -0.25) is 9.59 Å². The van der Waals surface area contributed by atoms with Gasteiger partial charge in [-0.25, -0.2) is 4.39 Å². The molecule has 2 amide bonds. The first-order valence-electron chi connectivity index (χ1n) is 7.80. The van der Waals surface area contributed by atoms with E-state index < -0.39 is 11.9 Å². The lowest BCUT2D eigenvalue weighted by molar-refractivity contribution is -0.127. The van der Waals surface area contributed by atoms with Gasteiger partial charge in [0, 0.05) is 13.1 Å². The predicted octanol–water partition coefficient (Wildman–Crippen LogP) is 3.56. The molecule has 0 aliphatic carbocycles. The Hall–Kier alpha value is -2.12. The molecule has 2 aromatic rings. The zero-order chi connectivity index (χ0) is 19.1. The van der Waals surface area contributed by atoms with Gasteiger partial charge in [0.1, 0.15) is 11.6 Å². The van der Waals surface area contributed by atoms with Crippen LogP contribution < -0.4 is 15.4 Å². The molecule has 2 rings (SSSR count). The molecule has 138 valence electrons. The largest absolute Gasteiger partial charge is 0.480 e. The summed E-state index contributed by atoms with van der Waals surface area (Å²) in [5.74, 6) is -0.714. The molecule has 26 heavy (non-hydrogen) atoms. The van der Waals surface area contributed by atoms with E-state index in [9.17, 15) is 14.0 Å². The second-order valence-electron chi connectivity index (χ2n) is 5.36. The van der Waals surface area contributed by atoms with E-state index in [1.807, 2.05) is 0 Å². The molecule has 0 saturated carbocycles. The minimum absolute atomic E-state index is 0.229. The first-order chi connectivity index (χ1) is 12.4. The Morgan fingerprint density at radius 3 is 2.58 bits per heavy atom. The van der Waals surface area contributed by atoms with Crippen LogP contribution in [-0.4, -0.2) is 31.0 Å². The quantitative estimate of drug-likeness (QED) is 0.643. The molecule has 0 fully saturated rings. The van der Waals surface area contributed by atoms with Gasteiger partial charge in [-0.2, -0.15) is 0 Å². The van der Waals surface area contributed by atoms with Gasteiger partial charge in [0.25, 0.3) is 11.8 Å². The first-order valence-corrected chi connectivity index (χ1v) is 8.97. The Labute approximate surface area is 164 Å². The van der Waals surface area contributed by atoms with Crippen molar-refractivity contribution in [3.8, 4) is 5.75 Å². The minimum Gasteiger partial charge on any atom is -0.480 e. The van der Waals surface area contributed by atoms with Crippen LogP contribution in [0.15, 0.2) is 46.9 Å². The summed E-state index contributed by atoms with van der Waals surface area (Å²) in [5, 5.41) is 5.69. The van der Waals surface area contributed by atoms with E-state index >= 15 is 0 Å². The van der Waals surface area contributed by atoms with E-state index in [1.165, 1.54) is 18.2 Å². The van der Waals surface area contributed by atoms with Gasteiger partial charge < -0.3 is 15.4 Å². The summed E-state index contributed by atoms with van der Waals surface area (Å²) >= 11 is 9.13. The second kappa shape index (κ2) is 9.54. The number of hydrogen-bond donors (Lipinski definition) is 2. The summed E-state index contributed by atoms with van der Waals surface area (Å²) in [6.45, 7) is 2.05. The van der Waals surface area contributed by atoms with Crippen molar-refractivity contribution >= 4 is 39.3 Å². The van der Waals surface area contributed by atoms with Crippen molar-refractivity contribution in [2.75, 3.05) is 13.1 Å². The number of amides is 2. The fourth-order valence-corrected chi connectivity index (χ4v) is 2.73. The summed E-state index contributed by atoms with van der Waals surface area (Å²) in [7, 11) is 0. The van der Waals surface area contributed by atoms with E-state index in [0.29, 0.717) is 20.8 Å². The van der Waals surface area contributed by atoms with Crippen molar-refractivity contribution in [2.24, 2.45) is 0 Å². The van der Waals surface area contributed by atoms with Crippen LogP contribution in [0.2, 0.25) is 5.02 Å². The van der Waals surface area contributed by atoms with Crippen molar-refractivity contribution in [3.05, 3.63) is 63.3 Å². The molecule has 0 saturated heterocycles. The molecule has 1 unspecified atom stereocenters. The molecular weight excluding hydrogens is 427 g/mol. The Bertz CT molecular complexity index is 804. The summed E-state index contributed by atoms with van der Waals surface area (Å²) < 4.78 is 19.0. The number of hydrogen-bond acceptors (Lipinski definition) is 3. The van der Waals surface area contributed by atoms with Gasteiger partial charge in [0.15, 0.2) is 6.10 Å². The molecule has 0 bridgehead atoms. The molecule has 0 aliphatic rings. The number of carbonyl (C=O) groups excluding carboxylic acids is 2. The summed E-state index contributed by atoms with van der Waals surface area (Å²) in [6.07, 6.45) is -0.781. The van der Waals surface area contributed by atoms with Crippen molar-refractivity contribution in [1.29, 1.82) is 0 Å². The maximum absolute atomic E-state index is 13.1. The molecule has 0 aromatic heterocycles. The SMILES string of the molecule is CC(Oc1ccc(F)cc1Br)C(=O)NCCNC(=O)c1ccccc1Cl. The van der Waals surface area contributed by atoms with E-state index in [4.69, 9.17) is 16.3 Å². The van der Waals surface area contributed by atoms with E-state index in [0.717, 1.165) is 0 Å². The normalized spacial score (nSPS) is 11.5. The molecule has 0 heterocycles. The first kappa shape index (κ1) is 20.2. The van der Waals surface area contributed by atoms with Gasteiger partial charge >= 0.3 is 0 Å².